The molecule has 116 valence electrons. The second-order valence-electron chi connectivity index (χ2n) is 5.53. The summed E-state index contributed by atoms with van der Waals surface area (Å²) in [5.41, 5.74) is 6.86. The molecule has 1 aromatic carbocycles. The highest BCUT2D eigenvalue weighted by Crippen LogP contribution is 2.26. The lowest BCUT2D eigenvalue weighted by Gasteiger charge is -2.18. The van der Waals surface area contributed by atoms with Crippen LogP contribution in [0.3, 0.4) is 0 Å². The SMILES string of the molecule is COc1ccc(CC(C)N)c(OCC(=O)N2CCCC2)c1. The summed E-state index contributed by atoms with van der Waals surface area (Å²) < 4.78 is 10.9. The maximum Gasteiger partial charge on any atom is 0.260 e. The fourth-order valence-electron chi connectivity index (χ4n) is 2.51. The van der Waals surface area contributed by atoms with E-state index in [-0.39, 0.29) is 18.6 Å². The Morgan fingerprint density at radius 1 is 1.38 bits per heavy atom. The molecule has 0 spiro atoms. The Balaban J connectivity index is 2.03. The molecule has 0 saturated carbocycles. The molecule has 1 fully saturated rings. The summed E-state index contributed by atoms with van der Waals surface area (Å²) in [5, 5.41) is 0. The van der Waals surface area contributed by atoms with Gasteiger partial charge in [-0.25, -0.2) is 0 Å². The number of carbonyl (C=O) groups is 1. The van der Waals surface area contributed by atoms with Gasteiger partial charge in [0.1, 0.15) is 11.5 Å². The van der Waals surface area contributed by atoms with Crippen LogP contribution in [0.5, 0.6) is 11.5 Å². The van der Waals surface area contributed by atoms with Crippen molar-refractivity contribution >= 4 is 5.91 Å². The lowest BCUT2D eigenvalue weighted by Crippen LogP contribution is -2.32. The zero-order valence-electron chi connectivity index (χ0n) is 12.8. The molecule has 1 aliphatic heterocycles. The molecular weight excluding hydrogens is 268 g/mol. The largest absolute Gasteiger partial charge is 0.497 e. The van der Waals surface area contributed by atoms with Gasteiger partial charge in [0.15, 0.2) is 6.61 Å². The number of rotatable bonds is 6. The van der Waals surface area contributed by atoms with Crippen LogP contribution in [0.15, 0.2) is 18.2 Å². The summed E-state index contributed by atoms with van der Waals surface area (Å²) >= 11 is 0. The van der Waals surface area contributed by atoms with Gasteiger partial charge in [0, 0.05) is 25.2 Å². The molecule has 0 radical (unpaired) electrons. The average molecular weight is 292 g/mol. The van der Waals surface area contributed by atoms with Crippen LogP contribution in [0.25, 0.3) is 0 Å². The molecule has 1 amide bonds. The highest BCUT2D eigenvalue weighted by atomic mass is 16.5. The molecule has 2 rings (SSSR count). The number of benzene rings is 1. The van der Waals surface area contributed by atoms with Crippen LogP contribution in [-0.4, -0.2) is 43.7 Å². The number of hydrogen-bond donors (Lipinski definition) is 1. The monoisotopic (exact) mass is 292 g/mol. The minimum atomic E-state index is 0.0371. The summed E-state index contributed by atoms with van der Waals surface area (Å²) in [6.07, 6.45) is 2.87. The quantitative estimate of drug-likeness (QED) is 0.864. The van der Waals surface area contributed by atoms with Crippen molar-refractivity contribution in [2.24, 2.45) is 5.73 Å². The van der Waals surface area contributed by atoms with E-state index in [1.54, 1.807) is 7.11 Å². The summed E-state index contributed by atoms with van der Waals surface area (Å²) in [6, 6.07) is 5.68. The smallest absolute Gasteiger partial charge is 0.260 e. The van der Waals surface area contributed by atoms with Crippen LogP contribution in [-0.2, 0) is 11.2 Å². The van der Waals surface area contributed by atoms with Crippen molar-refractivity contribution in [3.05, 3.63) is 23.8 Å². The summed E-state index contributed by atoms with van der Waals surface area (Å²) in [5.74, 6) is 1.44. The molecular formula is C16H24N2O3. The molecule has 1 aromatic rings. The second-order valence-corrected chi connectivity index (χ2v) is 5.53. The van der Waals surface area contributed by atoms with Gasteiger partial charge in [-0.15, -0.1) is 0 Å². The molecule has 1 aliphatic rings. The van der Waals surface area contributed by atoms with Gasteiger partial charge in [-0.3, -0.25) is 4.79 Å². The molecule has 0 aromatic heterocycles. The molecule has 1 heterocycles. The van der Waals surface area contributed by atoms with Crippen molar-refractivity contribution in [1.29, 1.82) is 0 Å². The molecule has 0 aliphatic carbocycles. The highest BCUT2D eigenvalue weighted by Gasteiger charge is 2.19. The van der Waals surface area contributed by atoms with E-state index in [2.05, 4.69) is 0 Å². The van der Waals surface area contributed by atoms with Gasteiger partial charge >= 0.3 is 0 Å². The molecule has 21 heavy (non-hydrogen) atoms. The Hall–Kier alpha value is -1.75. The fraction of sp³-hybridized carbons (Fsp3) is 0.562. The molecule has 0 bridgehead atoms. The van der Waals surface area contributed by atoms with Gasteiger partial charge in [0.2, 0.25) is 0 Å². The Bertz CT molecular complexity index is 482. The van der Waals surface area contributed by atoms with Crippen LogP contribution in [0, 0.1) is 0 Å². The Labute approximate surface area is 126 Å². The van der Waals surface area contributed by atoms with E-state index in [0.29, 0.717) is 17.9 Å². The first-order valence-corrected chi connectivity index (χ1v) is 7.43. The van der Waals surface area contributed by atoms with Crippen LogP contribution < -0.4 is 15.2 Å². The Kier molecular flexibility index (Phi) is 5.44. The minimum absolute atomic E-state index is 0.0371. The third-order valence-electron chi connectivity index (χ3n) is 3.63. The number of methoxy groups -OCH3 is 1. The molecule has 1 unspecified atom stereocenters. The predicted octanol–water partition coefficient (Wildman–Crippen LogP) is 1.59. The fourth-order valence-corrected chi connectivity index (χ4v) is 2.51. The lowest BCUT2D eigenvalue weighted by molar-refractivity contribution is -0.132. The highest BCUT2D eigenvalue weighted by molar-refractivity contribution is 5.78. The minimum Gasteiger partial charge on any atom is -0.497 e. The number of hydrogen-bond acceptors (Lipinski definition) is 4. The first kappa shape index (κ1) is 15.6. The molecule has 1 saturated heterocycles. The Morgan fingerprint density at radius 3 is 2.71 bits per heavy atom. The van der Waals surface area contributed by atoms with Crippen LogP contribution in [0.2, 0.25) is 0 Å². The standard InChI is InChI=1S/C16H24N2O3/c1-12(17)9-13-5-6-14(20-2)10-15(13)21-11-16(19)18-7-3-4-8-18/h5-6,10,12H,3-4,7-9,11,17H2,1-2H3. The summed E-state index contributed by atoms with van der Waals surface area (Å²) in [7, 11) is 1.61. The maximum atomic E-state index is 12.1. The summed E-state index contributed by atoms with van der Waals surface area (Å²) in [4.78, 5) is 13.9. The number of nitrogens with two attached hydrogens (primary N) is 1. The van der Waals surface area contributed by atoms with E-state index in [1.165, 1.54) is 0 Å². The summed E-state index contributed by atoms with van der Waals surface area (Å²) in [6.45, 7) is 3.70. The molecule has 5 heteroatoms. The van der Waals surface area contributed by atoms with E-state index in [1.807, 2.05) is 30.0 Å². The zero-order chi connectivity index (χ0) is 15.2. The van der Waals surface area contributed by atoms with Crippen molar-refractivity contribution in [1.82, 2.24) is 4.90 Å². The zero-order valence-corrected chi connectivity index (χ0v) is 12.8. The second kappa shape index (κ2) is 7.31. The third-order valence-corrected chi connectivity index (χ3v) is 3.63. The number of amides is 1. The van der Waals surface area contributed by atoms with E-state index in [9.17, 15) is 4.79 Å². The van der Waals surface area contributed by atoms with Crippen molar-refractivity contribution in [3.8, 4) is 11.5 Å². The number of ether oxygens (including phenoxy) is 2. The first-order chi connectivity index (χ1) is 10.1. The van der Waals surface area contributed by atoms with Gasteiger partial charge in [-0.05, 0) is 37.8 Å². The number of carbonyl (C=O) groups excluding carboxylic acids is 1. The molecule has 5 nitrogen and oxygen atoms in total. The predicted molar refractivity (Wildman–Crippen MR) is 81.7 cm³/mol. The first-order valence-electron chi connectivity index (χ1n) is 7.43. The number of nitrogens with zero attached hydrogens (tertiary/aromatic N) is 1. The van der Waals surface area contributed by atoms with Gasteiger partial charge in [0.05, 0.1) is 7.11 Å². The van der Waals surface area contributed by atoms with Crippen molar-refractivity contribution in [2.75, 3.05) is 26.8 Å². The van der Waals surface area contributed by atoms with Crippen molar-refractivity contribution in [3.63, 3.8) is 0 Å². The van der Waals surface area contributed by atoms with Crippen LogP contribution in [0.1, 0.15) is 25.3 Å². The van der Waals surface area contributed by atoms with E-state index in [0.717, 1.165) is 31.5 Å². The topological polar surface area (TPSA) is 64.8 Å². The van der Waals surface area contributed by atoms with Crippen molar-refractivity contribution in [2.45, 2.75) is 32.2 Å². The normalized spacial score (nSPS) is 15.9. The van der Waals surface area contributed by atoms with Gasteiger partial charge in [0.25, 0.3) is 5.91 Å². The maximum absolute atomic E-state index is 12.1. The van der Waals surface area contributed by atoms with Crippen LogP contribution >= 0.6 is 0 Å². The van der Waals surface area contributed by atoms with Crippen molar-refractivity contribution < 1.29 is 14.3 Å². The lowest BCUT2D eigenvalue weighted by atomic mass is 10.1. The average Bonchev–Trinajstić information content (AvgIpc) is 2.99. The van der Waals surface area contributed by atoms with E-state index >= 15 is 0 Å². The van der Waals surface area contributed by atoms with Gasteiger partial charge in [-0.1, -0.05) is 6.07 Å². The van der Waals surface area contributed by atoms with Gasteiger partial charge < -0.3 is 20.1 Å². The van der Waals surface area contributed by atoms with Crippen LogP contribution in [0.4, 0.5) is 0 Å². The molecule has 1 atom stereocenters. The van der Waals surface area contributed by atoms with Gasteiger partial charge in [-0.2, -0.15) is 0 Å². The number of likely N-dealkylation sites (tertiary alicyclic amines) is 1. The Morgan fingerprint density at radius 2 is 2.10 bits per heavy atom. The van der Waals surface area contributed by atoms with E-state index < -0.39 is 0 Å². The molecule has 2 N–H and O–H groups in total. The van der Waals surface area contributed by atoms with E-state index in [4.69, 9.17) is 15.2 Å². The third kappa shape index (κ3) is 4.36.